The largest absolute Gasteiger partial charge is 0.454 e. The summed E-state index contributed by atoms with van der Waals surface area (Å²) in [6.45, 7) is 2.27. The zero-order valence-electron chi connectivity index (χ0n) is 19.4. The summed E-state index contributed by atoms with van der Waals surface area (Å²) in [6.07, 6.45) is 0. The normalized spacial score (nSPS) is 16.1. The van der Waals surface area contributed by atoms with E-state index in [9.17, 15) is 22.0 Å². The van der Waals surface area contributed by atoms with Gasteiger partial charge in [-0.3, -0.25) is 9.69 Å². The summed E-state index contributed by atoms with van der Waals surface area (Å²) in [5.74, 6) is -1.19. The van der Waals surface area contributed by atoms with Crippen LogP contribution < -0.4 is 14.8 Å². The molecule has 0 bridgehead atoms. The number of amides is 1. The van der Waals surface area contributed by atoms with E-state index in [1.165, 1.54) is 16.4 Å². The quantitative estimate of drug-likeness (QED) is 0.460. The van der Waals surface area contributed by atoms with Crippen molar-refractivity contribution in [3.63, 3.8) is 0 Å². The Balaban J connectivity index is 1.26. The smallest absolute Gasteiger partial charge is 0.258 e. The Kier molecular flexibility index (Phi) is 7.17. The minimum Gasteiger partial charge on any atom is -0.454 e. The molecule has 1 saturated heterocycles. The molecule has 2 aliphatic heterocycles. The predicted molar refractivity (Wildman–Crippen MR) is 135 cm³/mol. The highest BCUT2D eigenvalue weighted by atomic mass is 79.9. The molecule has 37 heavy (non-hydrogen) atoms. The number of sulfonamides is 1. The van der Waals surface area contributed by atoms with Crippen molar-refractivity contribution in [1.29, 1.82) is 0 Å². The standard InChI is InChI=1S/C25H22BrF2N3O5S/c26-17-2-5-22(21(28)12-17)29-25(32)19-13-18(3-4-20(19)27)37(33,34)31-9-7-30(8-10-31)14-16-1-6-23-24(11-16)36-15-35-23/h1-6,11-13H,7-10,14-15H2,(H,29,32). The summed E-state index contributed by atoms with van der Waals surface area (Å²) in [5.41, 5.74) is 0.376. The molecular formula is C25H22BrF2N3O5S. The SMILES string of the molecule is O=C(Nc1ccc(Br)cc1F)c1cc(S(=O)(=O)N2CCN(Cc3ccc4c(c3)OCO4)CC2)ccc1F. The van der Waals surface area contributed by atoms with Gasteiger partial charge in [-0.15, -0.1) is 0 Å². The van der Waals surface area contributed by atoms with Gasteiger partial charge in [-0.05, 0) is 54.1 Å². The van der Waals surface area contributed by atoms with Gasteiger partial charge in [-0.25, -0.2) is 17.2 Å². The van der Waals surface area contributed by atoms with Gasteiger partial charge in [0.15, 0.2) is 11.5 Å². The fraction of sp³-hybridized carbons (Fsp3) is 0.240. The molecule has 12 heteroatoms. The van der Waals surface area contributed by atoms with Crippen molar-refractivity contribution in [1.82, 2.24) is 9.21 Å². The minimum absolute atomic E-state index is 0.153. The maximum atomic E-state index is 14.5. The van der Waals surface area contributed by atoms with Crippen LogP contribution in [0.1, 0.15) is 15.9 Å². The predicted octanol–water partition coefficient (Wildman–Crippen LogP) is 4.21. The highest BCUT2D eigenvalue weighted by Crippen LogP contribution is 2.33. The Morgan fingerprint density at radius 1 is 0.919 bits per heavy atom. The molecule has 0 aromatic heterocycles. The molecule has 0 unspecified atom stereocenters. The molecule has 2 aliphatic rings. The van der Waals surface area contributed by atoms with Crippen molar-refractivity contribution in [2.24, 2.45) is 0 Å². The van der Waals surface area contributed by atoms with Crippen LogP contribution in [0.25, 0.3) is 0 Å². The molecule has 194 valence electrons. The lowest BCUT2D eigenvalue weighted by Gasteiger charge is -2.34. The number of piperazine rings is 1. The first-order valence-corrected chi connectivity index (χ1v) is 13.6. The molecule has 1 amide bonds. The highest BCUT2D eigenvalue weighted by molar-refractivity contribution is 9.10. The summed E-state index contributed by atoms with van der Waals surface area (Å²) < 4.78 is 67.6. The number of hydrogen-bond acceptors (Lipinski definition) is 6. The van der Waals surface area contributed by atoms with Crippen LogP contribution in [0.5, 0.6) is 11.5 Å². The molecule has 8 nitrogen and oxygen atoms in total. The average molecular weight is 594 g/mol. The molecule has 0 saturated carbocycles. The molecule has 5 rings (SSSR count). The number of carbonyl (C=O) groups excluding carboxylic acids is 1. The fourth-order valence-corrected chi connectivity index (χ4v) is 5.98. The van der Waals surface area contributed by atoms with Gasteiger partial charge in [0.25, 0.3) is 5.91 Å². The third kappa shape index (κ3) is 5.47. The van der Waals surface area contributed by atoms with E-state index in [1.807, 2.05) is 18.2 Å². The molecule has 0 radical (unpaired) electrons. The Labute approximate surface area is 221 Å². The molecule has 1 fully saturated rings. The van der Waals surface area contributed by atoms with Crippen LogP contribution in [0.2, 0.25) is 0 Å². The van der Waals surface area contributed by atoms with E-state index in [1.54, 1.807) is 0 Å². The number of nitrogens with zero attached hydrogens (tertiary/aromatic N) is 2. The number of halogens is 3. The summed E-state index contributed by atoms with van der Waals surface area (Å²) in [6, 6.07) is 12.7. The molecule has 2 heterocycles. The number of fused-ring (bicyclic) bond motifs is 1. The van der Waals surface area contributed by atoms with Gasteiger partial charge in [0.2, 0.25) is 16.8 Å². The van der Waals surface area contributed by atoms with Crippen LogP contribution in [0.3, 0.4) is 0 Å². The summed E-state index contributed by atoms with van der Waals surface area (Å²) in [5, 5.41) is 2.29. The third-order valence-corrected chi connectivity index (χ3v) is 8.56. The third-order valence-electron chi connectivity index (χ3n) is 6.17. The maximum Gasteiger partial charge on any atom is 0.258 e. The van der Waals surface area contributed by atoms with Crippen molar-refractivity contribution in [2.75, 3.05) is 38.3 Å². The molecule has 3 aromatic carbocycles. The Bertz CT molecular complexity index is 1460. The minimum atomic E-state index is -3.98. The number of ether oxygens (including phenoxy) is 2. The second-order valence-corrected chi connectivity index (χ2v) is 11.4. The lowest BCUT2D eigenvalue weighted by Crippen LogP contribution is -2.48. The first-order valence-electron chi connectivity index (χ1n) is 11.4. The summed E-state index contributed by atoms with van der Waals surface area (Å²) >= 11 is 3.12. The molecular weight excluding hydrogens is 572 g/mol. The average Bonchev–Trinajstić information content (AvgIpc) is 3.34. The van der Waals surface area contributed by atoms with Crippen LogP contribution in [-0.4, -0.2) is 56.5 Å². The van der Waals surface area contributed by atoms with Crippen molar-refractivity contribution in [2.45, 2.75) is 11.4 Å². The van der Waals surface area contributed by atoms with E-state index in [4.69, 9.17) is 9.47 Å². The van der Waals surface area contributed by atoms with E-state index >= 15 is 0 Å². The van der Waals surface area contributed by atoms with E-state index in [2.05, 4.69) is 26.1 Å². The fourth-order valence-electron chi connectivity index (χ4n) is 4.19. The molecule has 0 spiro atoms. The van der Waals surface area contributed by atoms with Gasteiger partial charge >= 0.3 is 0 Å². The van der Waals surface area contributed by atoms with E-state index in [0.29, 0.717) is 35.6 Å². The number of rotatable bonds is 6. The Morgan fingerprint density at radius 2 is 1.68 bits per heavy atom. The number of hydrogen-bond donors (Lipinski definition) is 1. The zero-order valence-corrected chi connectivity index (χ0v) is 21.8. The summed E-state index contributed by atoms with van der Waals surface area (Å²) in [7, 11) is -3.98. The summed E-state index contributed by atoms with van der Waals surface area (Å²) in [4.78, 5) is 14.6. The Morgan fingerprint density at radius 3 is 2.43 bits per heavy atom. The topological polar surface area (TPSA) is 88.2 Å². The monoisotopic (exact) mass is 593 g/mol. The van der Waals surface area contributed by atoms with E-state index in [-0.39, 0.29) is 30.5 Å². The lowest BCUT2D eigenvalue weighted by molar-refractivity contribution is 0.102. The number of nitrogens with one attached hydrogen (secondary N) is 1. The maximum absolute atomic E-state index is 14.5. The van der Waals surface area contributed by atoms with Gasteiger partial charge in [0.1, 0.15) is 11.6 Å². The Hall–Kier alpha value is -3.06. The van der Waals surface area contributed by atoms with Crippen LogP contribution in [0, 0.1) is 11.6 Å². The highest BCUT2D eigenvalue weighted by Gasteiger charge is 2.30. The van der Waals surface area contributed by atoms with Gasteiger partial charge in [-0.1, -0.05) is 22.0 Å². The molecule has 0 aliphatic carbocycles. The number of benzene rings is 3. The van der Waals surface area contributed by atoms with Gasteiger partial charge < -0.3 is 14.8 Å². The number of carbonyl (C=O) groups is 1. The first-order chi connectivity index (χ1) is 17.7. The first kappa shape index (κ1) is 25.6. The van der Waals surface area contributed by atoms with Gasteiger partial charge in [-0.2, -0.15) is 4.31 Å². The zero-order chi connectivity index (χ0) is 26.2. The van der Waals surface area contributed by atoms with Gasteiger partial charge in [0.05, 0.1) is 16.1 Å². The van der Waals surface area contributed by atoms with Crippen molar-refractivity contribution >= 4 is 37.5 Å². The second-order valence-electron chi connectivity index (χ2n) is 8.59. The second kappa shape index (κ2) is 10.4. The van der Waals surface area contributed by atoms with Crippen LogP contribution >= 0.6 is 15.9 Å². The lowest BCUT2D eigenvalue weighted by atomic mass is 10.2. The van der Waals surface area contributed by atoms with Crippen molar-refractivity contribution < 1.29 is 31.5 Å². The van der Waals surface area contributed by atoms with E-state index in [0.717, 1.165) is 29.8 Å². The molecule has 1 N–H and O–H groups in total. The number of anilines is 1. The van der Waals surface area contributed by atoms with Crippen LogP contribution in [0.4, 0.5) is 14.5 Å². The molecule has 0 atom stereocenters. The van der Waals surface area contributed by atoms with Crippen LogP contribution in [0.15, 0.2) is 64.0 Å². The van der Waals surface area contributed by atoms with Crippen LogP contribution in [-0.2, 0) is 16.6 Å². The van der Waals surface area contributed by atoms with E-state index < -0.39 is 33.1 Å². The molecule has 3 aromatic rings. The van der Waals surface area contributed by atoms with Crippen molar-refractivity contribution in [3.8, 4) is 11.5 Å². The van der Waals surface area contributed by atoms with Crippen molar-refractivity contribution in [3.05, 3.63) is 81.8 Å². The van der Waals surface area contributed by atoms with Gasteiger partial charge in [0, 0.05) is 37.2 Å².